The summed E-state index contributed by atoms with van der Waals surface area (Å²) in [6, 6.07) is 14.6. The third-order valence-corrected chi connectivity index (χ3v) is 4.26. The maximum atomic E-state index is 13.2. The first-order valence-corrected chi connectivity index (χ1v) is 8.04. The Morgan fingerprint density at radius 3 is 2.04 bits per heavy atom. The summed E-state index contributed by atoms with van der Waals surface area (Å²) < 4.78 is 21.3. The van der Waals surface area contributed by atoms with Gasteiger partial charge in [-0.2, -0.15) is 0 Å². The van der Waals surface area contributed by atoms with Crippen molar-refractivity contribution in [1.29, 1.82) is 0 Å². The average molecular weight is 352 g/mol. The van der Waals surface area contributed by atoms with Crippen LogP contribution in [0, 0.1) is 0 Å². The molecule has 0 saturated heterocycles. The lowest BCUT2D eigenvalue weighted by Gasteiger charge is -2.14. The highest BCUT2D eigenvalue weighted by Gasteiger charge is 2.19. The molecular formula is C21H20O5. The van der Waals surface area contributed by atoms with Crippen molar-refractivity contribution in [2.45, 2.75) is 0 Å². The number of carbonyl (C=O) groups excluding carboxylic acids is 1. The van der Waals surface area contributed by atoms with Gasteiger partial charge in [0.05, 0.1) is 28.4 Å². The van der Waals surface area contributed by atoms with Crippen molar-refractivity contribution in [3.8, 4) is 23.0 Å². The van der Waals surface area contributed by atoms with Crippen molar-refractivity contribution < 1.29 is 23.7 Å². The van der Waals surface area contributed by atoms with Crippen molar-refractivity contribution >= 4 is 16.6 Å². The maximum Gasteiger partial charge on any atom is 0.203 e. The van der Waals surface area contributed by atoms with Gasteiger partial charge in [0, 0.05) is 11.1 Å². The SMILES string of the molecule is COc1ccc2c(C(=O)c3cc(OC)c(OC)c(OC)c3)cccc2c1. The number of ketones is 1. The summed E-state index contributed by atoms with van der Waals surface area (Å²) in [5.74, 6) is 1.96. The van der Waals surface area contributed by atoms with E-state index in [4.69, 9.17) is 18.9 Å². The van der Waals surface area contributed by atoms with Crippen LogP contribution in [0.25, 0.3) is 10.8 Å². The van der Waals surface area contributed by atoms with E-state index in [9.17, 15) is 4.79 Å². The standard InChI is InChI=1S/C21H20O5/c1-23-15-8-9-16-13(10-15)6-5-7-17(16)20(22)14-11-18(24-2)21(26-4)19(12-14)25-3/h5-12H,1-4H3. The lowest BCUT2D eigenvalue weighted by molar-refractivity contribution is 0.103. The van der Waals surface area contributed by atoms with E-state index >= 15 is 0 Å². The number of rotatable bonds is 6. The lowest BCUT2D eigenvalue weighted by Crippen LogP contribution is -2.05. The number of ether oxygens (including phenoxy) is 4. The van der Waals surface area contributed by atoms with Crippen LogP contribution in [0.4, 0.5) is 0 Å². The van der Waals surface area contributed by atoms with Crippen molar-refractivity contribution in [3.63, 3.8) is 0 Å². The van der Waals surface area contributed by atoms with Gasteiger partial charge >= 0.3 is 0 Å². The summed E-state index contributed by atoms with van der Waals surface area (Å²) in [6.07, 6.45) is 0. The third-order valence-electron chi connectivity index (χ3n) is 4.26. The Kier molecular flexibility index (Phi) is 4.98. The molecule has 0 aliphatic carbocycles. The summed E-state index contributed by atoms with van der Waals surface area (Å²) >= 11 is 0. The van der Waals surface area contributed by atoms with Gasteiger partial charge in [-0.15, -0.1) is 0 Å². The lowest BCUT2D eigenvalue weighted by atomic mass is 9.96. The normalized spacial score (nSPS) is 10.5. The molecule has 5 nitrogen and oxygen atoms in total. The van der Waals surface area contributed by atoms with Crippen molar-refractivity contribution in [3.05, 3.63) is 59.7 Å². The summed E-state index contributed by atoms with van der Waals surface area (Å²) in [5, 5.41) is 1.79. The summed E-state index contributed by atoms with van der Waals surface area (Å²) in [7, 11) is 6.19. The fraction of sp³-hybridized carbons (Fsp3) is 0.190. The Labute approximate surface area is 152 Å². The third kappa shape index (κ3) is 3.04. The topological polar surface area (TPSA) is 54.0 Å². The predicted octanol–water partition coefficient (Wildman–Crippen LogP) is 4.11. The number of methoxy groups -OCH3 is 4. The maximum absolute atomic E-state index is 13.2. The summed E-state index contributed by atoms with van der Waals surface area (Å²) in [4.78, 5) is 13.2. The highest BCUT2D eigenvalue weighted by atomic mass is 16.5. The van der Waals surface area contributed by atoms with Crippen molar-refractivity contribution in [2.75, 3.05) is 28.4 Å². The largest absolute Gasteiger partial charge is 0.497 e. The first kappa shape index (κ1) is 17.6. The van der Waals surface area contributed by atoms with Crippen LogP contribution in [-0.4, -0.2) is 34.2 Å². The molecule has 0 unspecified atom stereocenters. The molecule has 3 rings (SSSR count). The van der Waals surface area contributed by atoms with Gasteiger partial charge in [0.15, 0.2) is 17.3 Å². The molecule has 0 spiro atoms. The molecule has 0 fully saturated rings. The highest BCUT2D eigenvalue weighted by Crippen LogP contribution is 2.39. The Morgan fingerprint density at radius 1 is 0.769 bits per heavy atom. The molecule has 0 radical (unpaired) electrons. The molecule has 0 aliphatic heterocycles. The van der Waals surface area contributed by atoms with Crippen LogP contribution in [0.2, 0.25) is 0 Å². The van der Waals surface area contributed by atoms with Gasteiger partial charge in [0.25, 0.3) is 0 Å². The highest BCUT2D eigenvalue weighted by molar-refractivity contribution is 6.17. The van der Waals surface area contributed by atoms with E-state index in [-0.39, 0.29) is 5.78 Å². The molecule has 0 N–H and O–H groups in total. The number of fused-ring (bicyclic) bond motifs is 1. The van der Waals surface area contributed by atoms with Gasteiger partial charge in [-0.1, -0.05) is 18.2 Å². The van der Waals surface area contributed by atoms with E-state index in [1.54, 1.807) is 25.3 Å². The monoisotopic (exact) mass is 352 g/mol. The molecule has 0 heterocycles. The molecule has 0 saturated carbocycles. The van der Waals surface area contributed by atoms with E-state index in [1.807, 2.05) is 30.3 Å². The average Bonchev–Trinajstić information content (AvgIpc) is 2.70. The van der Waals surface area contributed by atoms with E-state index in [0.29, 0.717) is 28.4 Å². The van der Waals surface area contributed by atoms with Crippen LogP contribution in [0.1, 0.15) is 15.9 Å². The number of hydrogen-bond donors (Lipinski definition) is 0. The zero-order chi connectivity index (χ0) is 18.7. The Hall–Kier alpha value is -3.21. The molecule has 3 aromatic carbocycles. The van der Waals surface area contributed by atoms with Gasteiger partial charge in [-0.05, 0) is 41.1 Å². The minimum absolute atomic E-state index is 0.125. The van der Waals surface area contributed by atoms with Crippen LogP contribution >= 0.6 is 0 Å². The minimum atomic E-state index is -0.125. The van der Waals surface area contributed by atoms with E-state index < -0.39 is 0 Å². The molecule has 5 heteroatoms. The zero-order valence-electron chi connectivity index (χ0n) is 15.2. The molecule has 134 valence electrons. The molecular weight excluding hydrogens is 332 g/mol. The van der Waals surface area contributed by atoms with Gasteiger partial charge in [0.1, 0.15) is 5.75 Å². The smallest absolute Gasteiger partial charge is 0.203 e. The van der Waals surface area contributed by atoms with Crippen molar-refractivity contribution in [1.82, 2.24) is 0 Å². The van der Waals surface area contributed by atoms with Crippen molar-refractivity contribution in [2.24, 2.45) is 0 Å². The number of hydrogen-bond acceptors (Lipinski definition) is 5. The second-order valence-electron chi connectivity index (χ2n) is 5.64. The molecule has 26 heavy (non-hydrogen) atoms. The van der Waals surface area contributed by atoms with Gasteiger partial charge in [0.2, 0.25) is 5.75 Å². The first-order valence-electron chi connectivity index (χ1n) is 8.04. The minimum Gasteiger partial charge on any atom is -0.497 e. The Morgan fingerprint density at radius 2 is 1.46 bits per heavy atom. The molecule has 0 atom stereocenters. The Balaban J connectivity index is 2.14. The first-order chi connectivity index (χ1) is 12.6. The van der Waals surface area contributed by atoms with Crippen LogP contribution in [0.15, 0.2) is 48.5 Å². The predicted molar refractivity (Wildman–Crippen MR) is 100 cm³/mol. The molecule has 0 aliphatic rings. The van der Waals surface area contributed by atoms with Crippen LogP contribution in [0.5, 0.6) is 23.0 Å². The van der Waals surface area contributed by atoms with E-state index in [1.165, 1.54) is 21.3 Å². The van der Waals surface area contributed by atoms with Gasteiger partial charge < -0.3 is 18.9 Å². The van der Waals surface area contributed by atoms with Gasteiger partial charge in [-0.25, -0.2) is 0 Å². The zero-order valence-corrected chi connectivity index (χ0v) is 15.2. The quantitative estimate of drug-likeness (QED) is 0.625. The summed E-state index contributed by atoms with van der Waals surface area (Å²) in [6.45, 7) is 0. The van der Waals surface area contributed by atoms with Crippen LogP contribution in [-0.2, 0) is 0 Å². The fourth-order valence-electron chi connectivity index (χ4n) is 2.95. The number of carbonyl (C=O) groups is 1. The molecule has 0 bridgehead atoms. The van der Waals surface area contributed by atoms with E-state index in [2.05, 4.69) is 0 Å². The molecule has 0 amide bonds. The van der Waals surface area contributed by atoms with Crippen LogP contribution in [0.3, 0.4) is 0 Å². The fourth-order valence-corrected chi connectivity index (χ4v) is 2.95. The van der Waals surface area contributed by atoms with E-state index in [0.717, 1.165) is 16.5 Å². The Bertz CT molecular complexity index is 937. The second kappa shape index (κ2) is 7.35. The molecule has 0 aromatic heterocycles. The van der Waals surface area contributed by atoms with Gasteiger partial charge in [-0.3, -0.25) is 4.79 Å². The molecule has 3 aromatic rings. The summed E-state index contributed by atoms with van der Waals surface area (Å²) in [5.41, 5.74) is 1.06. The van der Waals surface area contributed by atoms with Crippen LogP contribution < -0.4 is 18.9 Å². The number of benzene rings is 3. The second-order valence-corrected chi connectivity index (χ2v) is 5.64.